The Morgan fingerprint density at radius 2 is 1.71 bits per heavy atom. The van der Waals surface area contributed by atoms with E-state index in [2.05, 4.69) is 22.1 Å². The lowest BCUT2D eigenvalue weighted by Gasteiger charge is -2.28. The van der Waals surface area contributed by atoms with Crippen LogP contribution in [-0.4, -0.2) is 26.3 Å². The van der Waals surface area contributed by atoms with Gasteiger partial charge in [-0.2, -0.15) is 5.10 Å². The second kappa shape index (κ2) is 7.07. The SMILES string of the molecule is CN(Cn1ncn(C)c1=S)[C@H](c1ccccc1)c1ccc(F)cc1. The molecule has 0 spiro atoms. The molecule has 0 bridgehead atoms. The number of halogens is 1. The Labute approximate surface area is 145 Å². The van der Waals surface area contributed by atoms with Crippen LogP contribution in [0.25, 0.3) is 0 Å². The zero-order valence-corrected chi connectivity index (χ0v) is 14.4. The summed E-state index contributed by atoms with van der Waals surface area (Å²) in [5.41, 5.74) is 2.15. The lowest BCUT2D eigenvalue weighted by Crippen LogP contribution is -2.28. The van der Waals surface area contributed by atoms with Crippen LogP contribution in [0.5, 0.6) is 0 Å². The van der Waals surface area contributed by atoms with Crippen molar-refractivity contribution < 1.29 is 4.39 Å². The molecule has 0 unspecified atom stereocenters. The first-order chi connectivity index (χ1) is 11.6. The lowest BCUT2D eigenvalue weighted by atomic mass is 9.98. The molecule has 1 heterocycles. The summed E-state index contributed by atoms with van der Waals surface area (Å²) in [5, 5.41) is 4.31. The molecule has 0 amide bonds. The number of hydrogen-bond acceptors (Lipinski definition) is 3. The van der Waals surface area contributed by atoms with Crippen LogP contribution in [0.15, 0.2) is 60.9 Å². The molecule has 0 aliphatic heterocycles. The van der Waals surface area contributed by atoms with Gasteiger partial charge in [-0.1, -0.05) is 42.5 Å². The summed E-state index contributed by atoms with van der Waals surface area (Å²) in [7, 11) is 3.89. The molecule has 0 saturated carbocycles. The molecule has 2 aromatic carbocycles. The molecule has 0 aliphatic carbocycles. The Bertz CT molecular complexity index is 855. The molecule has 124 valence electrons. The van der Waals surface area contributed by atoms with Gasteiger partial charge in [0.1, 0.15) is 12.1 Å². The second-order valence-corrected chi connectivity index (χ2v) is 6.15. The van der Waals surface area contributed by atoms with E-state index < -0.39 is 0 Å². The van der Waals surface area contributed by atoms with Crippen LogP contribution in [-0.2, 0) is 13.7 Å². The van der Waals surface area contributed by atoms with Crippen molar-refractivity contribution in [2.24, 2.45) is 7.05 Å². The fourth-order valence-corrected chi connectivity index (χ4v) is 2.94. The zero-order chi connectivity index (χ0) is 17.1. The van der Waals surface area contributed by atoms with Crippen LogP contribution in [0, 0.1) is 10.6 Å². The number of aromatic nitrogens is 3. The summed E-state index contributed by atoms with van der Waals surface area (Å²) < 4.78 is 17.5. The van der Waals surface area contributed by atoms with E-state index in [1.54, 1.807) is 15.6 Å². The van der Waals surface area contributed by atoms with Crippen molar-refractivity contribution in [3.63, 3.8) is 0 Å². The van der Waals surface area contributed by atoms with Gasteiger partial charge in [0.05, 0.1) is 12.7 Å². The standard InChI is InChI=1S/C18H19FN4S/c1-21-12-20-23(18(21)24)13-22(2)17(14-6-4-3-5-7-14)15-8-10-16(19)11-9-15/h3-12,17H,13H2,1-2H3/t17-/m1/s1. The largest absolute Gasteiger partial charge is 0.310 e. The maximum atomic E-state index is 13.3. The number of hydrogen-bond donors (Lipinski definition) is 0. The number of aryl methyl sites for hydroxylation is 1. The minimum Gasteiger partial charge on any atom is -0.310 e. The topological polar surface area (TPSA) is 26.0 Å². The van der Waals surface area contributed by atoms with Crippen molar-refractivity contribution in [1.82, 2.24) is 19.2 Å². The third-order valence-electron chi connectivity index (χ3n) is 3.99. The van der Waals surface area contributed by atoms with Crippen LogP contribution in [0.2, 0.25) is 0 Å². The van der Waals surface area contributed by atoms with E-state index in [9.17, 15) is 4.39 Å². The van der Waals surface area contributed by atoms with E-state index in [0.29, 0.717) is 11.4 Å². The fraction of sp³-hybridized carbons (Fsp3) is 0.222. The van der Waals surface area contributed by atoms with Gasteiger partial charge in [-0.25, -0.2) is 9.07 Å². The van der Waals surface area contributed by atoms with Gasteiger partial charge in [0.25, 0.3) is 0 Å². The summed E-state index contributed by atoms with van der Waals surface area (Å²) in [5.74, 6) is -0.236. The van der Waals surface area contributed by atoms with E-state index in [0.717, 1.165) is 11.1 Å². The maximum absolute atomic E-state index is 13.3. The average Bonchev–Trinajstić information content (AvgIpc) is 2.90. The molecular formula is C18H19FN4S. The molecule has 0 radical (unpaired) electrons. The lowest BCUT2D eigenvalue weighted by molar-refractivity contribution is 0.207. The molecule has 4 nitrogen and oxygen atoms in total. The summed E-state index contributed by atoms with van der Waals surface area (Å²) in [6.07, 6.45) is 1.70. The Hall–Kier alpha value is -2.31. The molecule has 1 atom stereocenters. The smallest absolute Gasteiger partial charge is 0.198 e. The van der Waals surface area contributed by atoms with Crippen molar-refractivity contribution in [2.45, 2.75) is 12.7 Å². The van der Waals surface area contributed by atoms with Crippen molar-refractivity contribution in [2.75, 3.05) is 7.05 Å². The van der Waals surface area contributed by atoms with Gasteiger partial charge in [0, 0.05) is 7.05 Å². The minimum absolute atomic E-state index is 0.0179. The quantitative estimate of drug-likeness (QED) is 0.660. The molecule has 0 saturated heterocycles. The van der Waals surface area contributed by atoms with Gasteiger partial charge < -0.3 is 4.57 Å². The van der Waals surface area contributed by atoms with E-state index in [-0.39, 0.29) is 11.9 Å². The van der Waals surface area contributed by atoms with Gasteiger partial charge in [-0.3, -0.25) is 4.90 Å². The van der Waals surface area contributed by atoms with Crippen molar-refractivity contribution >= 4 is 12.2 Å². The van der Waals surface area contributed by atoms with Gasteiger partial charge >= 0.3 is 0 Å². The minimum atomic E-state index is -0.236. The molecule has 6 heteroatoms. The average molecular weight is 342 g/mol. The Kier molecular flexibility index (Phi) is 4.87. The highest BCUT2D eigenvalue weighted by atomic mass is 32.1. The van der Waals surface area contributed by atoms with Gasteiger partial charge in [-0.15, -0.1) is 0 Å². The number of nitrogens with zero attached hydrogens (tertiary/aromatic N) is 4. The third kappa shape index (κ3) is 3.44. The van der Waals surface area contributed by atoms with Gasteiger partial charge in [0.15, 0.2) is 4.77 Å². The van der Waals surface area contributed by atoms with Gasteiger partial charge in [-0.05, 0) is 42.5 Å². The highest BCUT2D eigenvalue weighted by molar-refractivity contribution is 7.71. The highest BCUT2D eigenvalue weighted by Crippen LogP contribution is 2.28. The molecular weight excluding hydrogens is 323 g/mol. The number of rotatable bonds is 5. The monoisotopic (exact) mass is 342 g/mol. The van der Waals surface area contributed by atoms with E-state index in [1.807, 2.05) is 44.4 Å². The molecule has 3 aromatic rings. The van der Waals surface area contributed by atoms with E-state index in [4.69, 9.17) is 12.2 Å². The number of benzene rings is 2. The summed E-state index contributed by atoms with van der Waals surface area (Å²) in [6, 6.07) is 16.7. The Morgan fingerprint density at radius 1 is 1.08 bits per heavy atom. The first-order valence-electron chi connectivity index (χ1n) is 7.65. The molecule has 1 aromatic heterocycles. The van der Waals surface area contributed by atoms with Crippen LogP contribution < -0.4 is 0 Å². The Balaban J connectivity index is 1.96. The third-order valence-corrected chi connectivity index (χ3v) is 4.48. The van der Waals surface area contributed by atoms with Crippen LogP contribution in [0.1, 0.15) is 17.2 Å². The Morgan fingerprint density at radius 3 is 2.29 bits per heavy atom. The van der Waals surface area contributed by atoms with Crippen LogP contribution in [0.4, 0.5) is 4.39 Å². The van der Waals surface area contributed by atoms with Crippen LogP contribution in [0.3, 0.4) is 0 Å². The van der Waals surface area contributed by atoms with Crippen molar-refractivity contribution in [1.29, 1.82) is 0 Å². The first-order valence-corrected chi connectivity index (χ1v) is 8.06. The van der Waals surface area contributed by atoms with Crippen LogP contribution >= 0.6 is 12.2 Å². The molecule has 3 rings (SSSR count). The van der Waals surface area contributed by atoms with Gasteiger partial charge in [0.2, 0.25) is 0 Å². The summed E-state index contributed by atoms with van der Waals surface area (Å²) in [4.78, 5) is 2.14. The molecule has 24 heavy (non-hydrogen) atoms. The molecule has 0 N–H and O–H groups in total. The zero-order valence-electron chi connectivity index (χ0n) is 13.6. The normalized spacial score (nSPS) is 12.5. The van der Waals surface area contributed by atoms with Crippen molar-refractivity contribution in [3.8, 4) is 0 Å². The van der Waals surface area contributed by atoms with E-state index in [1.165, 1.54) is 12.1 Å². The predicted octanol–water partition coefficient (Wildman–Crippen LogP) is 3.77. The van der Waals surface area contributed by atoms with E-state index >= 15 is 0 Å². The molecule has 0 aliphatic rings. The summed E-state index contributed by atoms with van der Waals surface area (Å²) >= 11 is 5.37. The van der Waals surface area contributed by atoms with Crippen molar-refractivity contribution in [3.05, 3.63) is 82.6 Å². The fourth-order valence-electron chi connectivity index (χ4n) is 2.79. The first kappa shape index (κ1) is 16.5. The second-order valence-electron chi connectivity index (χ2n) is 5.79. The predicted molar refractivity (Wildman–Crippen MR) is 94.5 cm³/mol. The molecule has 0 fully saturated rings. The maximum Gasteiger partial charge on any atom is 0.198 e. The summed E-state index contributed by atoms with van der Waals surface area (Å²) in [6.45, 7) is 0.538. The highest BCUT2D eigenvalue weighted by Gasteiger charge is 2.20.